The quantitative estimate of drug-likeness (QED) is 0.925. The summed E-state index contributed by atoms with van der Waals surface area (Å²) in [7, 11) is 0. The molecule has 1 saturated heterocycles. The van der Waals surface area contributed by atoms with Crippen molar-refractivity contribution in [2.24, 2.45) is 4.99 Å². The van der Waals surface area contributed by atoms with E-state index in [1.165, 1.54) is 0 Å². The topological polar surface area (TPSA) is 59.9 Å². The summed E-state index contributed by atoms with van der Waals surface area (Å²) in [4.78, 5) is 16.3. The van der Waals surface area contributed by atoms with Crippen molar-refractivity contribution in [3.05, 3.63) is 29.8 Å². The van der Waals surface area contributed by atoms with Crippen molar-refractivity contribution in [2.75, 3.05) is 25.5 Å². The van der Waals surface area contributed by atoms with Gasteiger partial charge in [-0.15, -0.1) is 0 Å². The highest BCUT2D eigenvalue weighted by Gasteiger charge is 2.17. The summed E-state index contributed by atoms with van der Waals surface area (Å²) < 4.78 is 11.2. The van der Waals surface area contributed by atoms with E-state index in [-0.39, 0.29) is 12.0 Å². The maximum absolute atomic E-state index is 12.1. The van der Waals surface area contributed by atoms with Crippen molar-refractivity contribution in [1.29, 1.82) is 0 Å². The van der Waals surface area contributed by atoms with Crippen molar-refractivity contribution in [2.45, 2.75) is 18.9 Å². The van der Waals surface area contributed by atoms with Crippen molar-refractivity contribution in [3.63, 3.8) is 0 Å². The first-order valence-corrected chi connectivity index (χ1v) is 8.13. The van der Waals surface area contributed by atoms with E-state index < -0.39 is 0 Å². The molecule has 0 unspecified atom stereocenters. The van der Waals surface area contributed by atoms with Gasteiger partial charge in [-0.1, -0.05) is 17.8 Å². The predicted molar refractivity (Wildman–Crippen MR) is 83.1 cm³/mol. The molecule has 1 fully saturated rings. The summed E-state index contributed by atoms with van der Waals surface area (Å²) in [6.45, 7) is 2.12. The number of aliphatic imine (C=N–C) groups is 1. The summed E-state index contributed by atoms with van der Waals surface area (Å²) >= 11 is 1.57. The summed E-state index contributed by atoms with van der Waals surface area (Å²) in [6.07, 6.45) is 2.31. The SMILES string of the molecule is O=C(NC1=NCCS1)c1cccc(OC[C@H]2CCCO2)c1. The van der Waals surface area contributed by atoms with Gasteiger partial charge in [0.25, 0.3) is 5.91 Å². The zero-order valence-electron chi connectivity index (χ0n) is 11.7. The Kier molecular flexibility index (Phi) is 4.77. The molecule has 112 valence electrons. The van der Waals surface area contributed by atoms with Crippen LogP contribution >= 0.6 is 11.8 Å². The van der Waals surface area contributed by atoms with Gasteiger partial charge in [-0.05, 0) is 31.0 Å². The number of rotatable bonds is 4. The van der Waals surface area contributed by atoms with Crippen molar-refractivity contribution < 1.29 is 14.3 Å². The predicted octanol–water partition coefficient (Wildman–Crippen LogP) is 2.08. The molecule has 3 rings (SSSR count). The van der Waals surface area contributed by atoms with Gasteiger partial charge in [-0.25, -0.2) is 0 Å². The lowest BCUT2D eigenvalue weighted by Crippen LogP contribution is -2.27. The molecule has 0 spiro atoms. The van der Waals surface area contributed by atoms with Crippen LogP contribution in [0.25, 0.3) is 0 Å². The third-order valence-corrected chi connectivity index (χ3v) is 4.25. The molecule has 2 aliphatic heterocycles. The molecular formula is C15H18N2O3S. The molecule has 0 radical (unpaired) electrons. The summed E-state index contributed by atoms with van der Waals surface area (Å²) in [6, 6.07) is 7.20. The minimum atomic E-state index is -0.147. The molecule has 1 aromatic carbocycles. The average Bonchev–Trinajstić information content (AvgIpc) is 3.19. The fourth-order valence-corrected chi connectivity index (χ4v) is 3.00. The van der Waals surface area contributed by atoms with Gasteiger partial charge in [-0.2, -0.15) is 0 Å². The van der Waals surface area contributed by atoms with Gasteiger partial charge in [0, 0.05) is 17.9 Å². The summed E-state index contributed by atoms with van der Waals surface area (Å²) in [5.41, 5.74) is 0.579. The molecule has 1 aromatic rings. The van der Waals surface area contributed by atoms with Crippen molar-refractivity contribution in [3.8, 4) is 5.75 Å². The highest BCUT2D eigenvalue weighted by atomic mass is 32.2. The van der Waals surface area contributed by atoms with E-state index in [0.717, 1.165) is 31.7 Å². The molecule has 1 amide bonds. The van der Waals surface area contributed by atoms with E-state index in [9.17, 15) is 4.79 Å². The maximum atomic E-state index is 12.1. The minimum absolute atomic E-state index is 0.147. The maximum Gasteiger partial charge on any atom is 0.257 e. The van der Waals surface area contributed by atoms with Gasteiger partial charge < -0.3 is 14.8 Å². The van der Waals surface area contributed by atoms with Crippen LogP contribution in [-0.2, 0) is 4.74 Å². The lowest BCUT2D eigenvalue weighted by Gasteiger charge is -2.12. The first kappa shape index (κ1) is 14.4. The number of nitrogens with one attached hydrogen (secondary N) is 1. The molecule has 0 aromatic heterocycles. The Bertz CT molecular complexity index is 541. The Morgan fingerprint density at radius 1 is 1.52 bits per heavy atom. The van der Waals surface area contributed by atoms with Crippen molar-refractivity contribution >= 4 is 22.8 Å². The Morgan fingerprint density at radius 2 is 2.48 bits per heavy atom. The number of ether oxygens (including phenoxy) is 2. The van der Waals surface area contributed by atoms with E-state index in [4.69, 9.17) is 9.47 Å². The van der Waals surface area contributed by atoms with Crippen LogP contribution in [0.1, 0.15) is 23.2 Å². The number of benzene rings is 1. The number of amidine groups is 1. The van der Waals surface area contributed by atoms with Crippen LogP contribution in [0.5, 0.6) is 5.75 Å². The highest BCUT2D eigenvalue weighted by Crippen LogP contribution is 2.18. The molecule has 0 bridgehead atoms. The molecule has 5 nitrogen and oxygen atoms in total. The summed E-state index contributed by atoms with van der Waals surface area (Å²) in [5.74, 6) is 1.48. The second-order valence-corrected chi connectivity index (χ2v) is 6.05. The number of hydrogen-bond donors (Lipinski definition) is 1. The lowest BCUT2D eigenvalue weighted by atomic mass is 10.2. The average molecular weight is 306 g/mol. The standard InChI is InChI=1S/C15H18N2O3S/c18-14(17-15-16-6-8-21-15)11-3-1-4-12(9-11)20-10-13-5-2-7-19-13/h1,3-4,9,13H,2,5-8,10H2,(H,16,17,18)/t13-/m1/s1. The number of amides is 1. The molecule has 2 heterocycles. The third-order valence-electron chi connectivity index (χ3n) is 3.36. The Hall–Kier alpha value is -1.53. The fourth-order valence-electron chi connectivity index (χ4n) is 2.27. The van der Waals surface area contributed by atoms with Crippen LogP contribution in [0, 0.1) is 0 Å². The van der Waals surface area contributed by atoms with Gasteiger partial charge in [0.05, 0.1) is 12.6 Å². The fraction of sp³-hybridized carbons (Fsp3) is 0.467. The molecule has 2 aliphatic rings. The first-order chi connectivity index (χ1) is 10.3. The van der Waals surface area contributed by atoms with Crippen LogP contribution < -0.4 is 10.1 Å². The van der Waals surface area contributed by atoms with Gasteiger partial charge >= 0.3 is 0 Å². The number of carbonyl (C=O) groups excluding carboxylic acids is 1. The molecule has 21 heavy (non-hydrogen) atoms. The van der Waals surface area contributed by atoms with Crippen LogP contribution in [0.2, 0.25) is 0 Å². The molecule has 1 N–H and O–H groups in total. The number of thioether (sulfide) groups is 1. The van der Waals surface area contributed by atoms with Crippen LogP contribution in [0.3, 0.4) is 0 Å². The van der Waals surface area contributed by atoms with E-state index in [0.29, 0.717) is 23.1 Å². The zero-order chi connectivity index (χ0) is 14.5. The molecule has 0 saturated carbocycles. The Balaban J connectivity index is 1.57. The lowest BCUT2D eigenvalue weighted by molar-refractivity contribution is 0.0679. The second kappa shape index (κ2) is 6.95. The molecular weight excluding hydrogens is 288 g/mol. The van der Waals surface area contributed by atoms with Crippen LogP contribution in [0.15, 0.2) is 29.3 Å². The largest absolute Gasteiger partial charge is 0.491 e. The van der Waals surface area contributed by atoms with E-state index in [1.54, 1.807) is 23.9 Å². The van der Waals surface area contributed by atoms with Gasteiger partial charge in [0.15, 0.2) is 5.17 Å². The monoisotopic (exact) mass is 306 g/mol. The summed E-state index contributed by atoms with van der Waals surface area (Å²) in [5, 5.41) is 3.51. The number of nitrogens with zero attached hydrogens (tertiary/aromatic N) is 1. The van der Waals surface area contributed by atoms with Crippen molar-refractivity contribution in [1.82, 2.24) is 5.32 Å². The van der Waals surface area contributed by atoms with Crippen LogP contribution in [0.4, 0.5) is 0 Å². The molecule has 6 heteroatoms. The zero-order valence-corrected chi connectivity index (χ0v) is 12.5. The van der Waals surface area contributed by atoms with E-state index in [1.807, 2.05) is 12.1 Å². The second-order valence-electron chi connectivity index (χ2n) is 4.96. The van der Waals surface area contributed by atoms with E-state index in [2.05, 4.69) is 10.3 Å². The van der Waals surface area contributed by atoms with Gasteiger partial charge in [-0.3, -0.25) is 9.79 Å². The smallest absolute Gasteiger partial charge is 0.257 e. The minimum Gasteiger partial charge on any atom is -0.491 e. The van der Waals surface area contributed by atoms with Gasteiger partial charge in [0.2, 0.25) is 0 Å². The third kappa shape index (κ3) is 3.98. The Labute approximate surface area is 128 Å². The molecule has 1 atom stereocenters. The van der Waals surface area contributed by atoms with Crippen LogP contribution in [-0.4, -0.2) is 42.7 Å². The van der Waals surface area contributed by atoms with E-state index >= 15 is 0 Å². The first-order valence-electron chi connectivity index (χ1n) is 7.14. The Morgan fingerprint density at radius 3 is 3.24 bits per heavy atom. The highest BCUT2D eigenvalue weighted by molar-refractivity contribution is 8.14. The van der Waals surface area contributed by atoms with Gasteiger partial charge in [0.1, 0.15) is 12.4 Å². The number of carbonyl (C=O) groups is 1. The number of hydrogen-bond acceptors (Lipinski definition) is 5. The normalized spacial score (nSPS) is 21.1. The molecule has 0 aliphatic carbocycles.